The second-order valence-corrected chi connectivity index (χ2v) is 11.2. The molecule has 2 aliphatic rings. The van der Waals surface area contributed by atoms with Gasteiger partial charge in [0, 0.05) is 45.8 Å². The maximum absolute atomic E-state index is 13.3. The van der Waals surface area contributed by atoms with Crippen LogP contribution in [0.3, 0.4) is 0 Å². The van der Waals surface area contributed by atoms with Gasteiger partial charge in [-0.05, 0) is 43.5 Å². The lowest BCUT2D eigenvalue weighted by Crippen LogP contribution is -2.52. The molecule has 2 saturated heterocycles. The van der Waals surface area contributed by atoms with Crippen molar-refractivity contribution in [2.24, 2.45) is 5.92 Å². The Hall–Kier alpha value is -2.13. The molecule has 34 heavy (non-hydrogen) atoms. The third-order valence-electron chi connectivity index (χ3n) is 6.51. The van der Waals surface area contributed by atoms with E-state index in [1.54, 1.807) is 6.07 Å². The van der Waals surface area contributed by atoms with Crippen molar-refractivity contribution in [1.82, 2.24) is 14.1 Å². The van der Waals surface area contributed by atoms with E-state index < -0.39 is 10.0 Å². The Morgan fingerprint density at radius 1 is 1.06 bits per heavy atom. The second-order valence-electron chi connectivity index (χ2n) is 8.81. The van der Waals surface area contributed by atoms with Crippen molar-refractivity contribution in [3.8, 4) is 5.75 Å². The molecule has 0 spiro atoms. The Labute approximate surface area is 207 Å². The van der Waals surface area contributed by atoms with Gasteiger partial charge in [0.25, 0.3) is 0 Å². The highest BCUT2D eigenvalue weighted by Crippen LogP contribution is 2.31. The van der Waals surface area contributed by atoms with Crippen molar-refractivity contribution in [1.29, 1.82) is 0 Å². The van der Waals surface area contributed by atoms with E-state index >= 15 is 0 Å². The molecule has 2 fully saturated rings. The standard InChI is InChI=1S/C25H32ClN3O4S/c1-2-33-24-11-10-22(17-23(24)26)34(31,32)29-12-6-9-21(19-29)25(30)28-15-13-27(14-16-28)18-20-7-4-3-5-8-20/h3-5,7-8,10-11,17,21H,2,6,9,12-16,18-19H2,1H3/t21-/m0/s1. The average molecular weight is 506 g/mol. The molecule has 0 N–H and O–H groups in total. The van der Waals surface area contributed by atoms with Crippen LogP contribution in [0.1, 0.15) is 25.3 Å². The minimum Gasteiger partial charge on any atom is -0.492 e. The topological polar surface area (TPSA) is 70.2 Å². The quantitative estimate of drug-likeness (QED) is 0.576. The van der Waals surface area contributed by atoms with Gasteiger partial charge in [-0.3, -0.25) is 9.69 Å². The molecule has 7 nitrogen and oxygen atoms in total. The normalized spacial score (nSPS) is 20.3. The maximum atomic E-state index is 13.3. The van der Waals surface area contributed by atoms with E-state index in [0.717, 1.165) is 19.6 Å². The molecule has 9 heteroatoms. The number of hydrogen-bond donors (Lipinski definition) is 0. The molecule has 2 aromatic rings. The number of piperidine rings is 1. The van der Waals surface area contributed by atoms with E-state index in [4.69, 9.17) is 16.3 Å². The van der Waals surface area contributed by atoms with Crippen LogP contribution < -0.4 is 4.74 Å². The number of benzene rings is 2. The fraction of sp³-hybridized carbons (Fsp3) is 0.480. The fourth-order valence-electron chi connectivity index (χ4n) is 4.65. The zero-order valence-corrected chi connectivity index (χ0v) is 21.1. The van der Waals surface area contributed by atoms with Gasteiger partial charge in [0.05, 0.1) is 22.4 Å². The number of piperazine rings is 1. The summed E-state index contributed by atoms with van der Waals surface area (Å²) < 4.78 is 33.4. The van der Waals surface area contributed by atoms with Gasteiger partial charge >= 0.3 is 0 Å². The molecule has 0 saturated carbocycles. The van der Waals surface area contributed by atoms with Gasteiger partial charge in [-0.15, -0.1) is 0 Å². The van der Waals surface area contributed by atoms with E-state index in [1.165, 1.54) is 22.0 Å². The van der Waals surface area contributed by atoms with E-state index in [0.29, 0.717) is 44.8 Å². The lowest BCUT2D eigenvalue weighted by molar-refractivity contribution is -0.138. The highest BCUT2D eigenvalue weighted by atomic mass is 35.5. The molecular weight excluding hydrogens is 474 g/mol. The molecule has 1 atom stereocenters. The van der Waals surface area contributed by atoms with Crippen LogP contribution >= 0.6 is 11.6 Å². The fourth-order valence-corrected chi connectivity index (χ4v) is 6.50. The molecular formula is C25H32ClN3O4S. The summed E-state index contributed by atoms with van der Waals surface area (Å²) in [6.45, 7) is 6.76. The van der Waals surface area contributed by atoms with Crippen molar-refractivity contribution < 1.29 is 17.9 Å². The predicted molar refractivity (Wildman–Crippen MR) is 132 cm³/mol. The van der Waals surface area contributed by atoms with E-state index in [1.807, 2.05) is 30.0 Å². The van der Waals surface area contributed by atoms with Gasteiger partial charge in [0.2, 0.25) is 15.9 Å². The van der Waals surface area contributed by atoms with Crippen LogP contribution in [-0.2, 0) is 21.4 Å². The minimum absolute atomic E-state index is 0.0592. The monoisotopic (exact) mass is 505 g/mol. The zero-order valence-electron chi connectivity index (χ0n) is 19.5. The minimum atomic E-state index is -3.74. The highest BCUT2D eigenvalue weighted by molar-refractivity contribution is 7.89. The summed E-state index contributed by atoms with van der Waals surface area (Å²) in [7, 11) is -3.74. The summed E-state index contributed by atoms with van der Waals surface area (Å²) in [6.07, 6.45) is 1.37. The van der Waals surface area contributed by atoms with Crippen molar-refractivity contribution in [2.75, 3.05) is 45.9 Å². The SMILES string of the molecule is CCOc1ccc(S(=O)(=O)N2CCC[C@H](C(=O)N3CCN(Cc4ccccc4)CC3)C2)cc1Cl. The molecule has 2 aromatic carbocycles. The number of halogens is 1. The molecule has 4 rings (SSSR count). The van der Waals surface area contributed by atoms with Gasteiger partial charge < -0.3 is 9.64 Å². The van der Waals surface area contributed by atoms with Crippen LogP contribution in [0.25, 0.3) is 0 Å². The molecule has 1 amide bonds. The van der Waals surface area contributed by atoms with Crippen LogP contribution in [0.15, 0.2) is 53.4 Å². The molecule has 0 bridgehead atoms. The van der Waals surface area contributed by atoms with Gasteiger partial charge in [-0.25, -0.2) is 8.42 Å². The van der Waals surface area contributed by atoms with Crippen LogP contribution in [0.2, 0.25) is 5.02 Å². The number of hydrogen-bond acceptors (Lipinski definition) is 5. The van der Waals surface area contributed by atoms with Crippen molar-refractivity contribution >= 4 is 27.5 Å². The van der Waals surface area contributed by atoms with Crippen LogP contribution in [0.5, 0.6) is 5.75 Å². The second kappa shape index (κ2) is 11.1. The third kappa shape index (κ3) is 5.74. The van der Waals surface area contributed by atoms with Gasteiger partial charge in [0.15, 0.2) is 0 Å². The number of rotatable bonds is 7. The molecule has 0 aromatic heterocycles. The van der Waals surface area contributed by atoms with Crippen molar-refractivity contribution in [3.05, 3.63) is 59.1 Å². The summed E-state index contributed by atoms with van der Waals surface area (Å²) in [5.74, 6) is 0.201. The molecule has 2 aliphatic heterocycles. The summed E-state index contributed by atoms with van der Waals surface area (Å²) in [6, 6.07) is 14.9. The number of nitrogens with zero attached hydrogens (tertiary/aromatic N) is 3. The Morgan fingerprint density at radius 2 is 1.79 bits per heavy atom. The summed E-state index contributed by atoms with van der Waals surface area (Å²) in [5, 5.41) is 0.265. The molecule has 0 aliphatic carbocycles. The predicted octanol–water partition coefficient (Wildman–Crippen LogP) is 3.48. The lowest BCUT2D eigenvalue weighted by atomic mass is 9.97. The third-order valence-corrected chi connectivity index (χ3v) is 8.66. The van der Waals surface area contributed by atoms with Gasteiger partial charge in [0.1, 0.15) is 5.75 Å². The lowest BCUT2D eigenvalue weighted by Gasteiger charge is -2.38. The van der Waals surface area contributed by atoms with Gasteiger partial charge in [-0.1, -0.05) is 41.9 Å². The van der Waals surface area contributed by atoms with Crippen LogP contribution in [0.4, 0.5) is 0 Å². The van der Waals surface area contributed by atoms with E-state index in [-0.39, 0.29) is 28.3 Å². The number of sulfonamides is 1. The average Bonchev–Trinajstić information content (AvgIpc) is 2.86. The first-order chi connectivity index (χ1) is 16.4. The maximum Gasteiger partial charge on any atom is 0.243 e. The molecule has 184 valence electrons. The van der Waals surface area contributed by atoms with Crippen LogP contribution in [0, 0.1) is 5.92 Å². The van der Waals surface area contributed by atoms with Crippen molar-refractivity contribution in [2.45, 2.75) is 31.2 Å². The van der Waals surface area contributed by atoms with E-state index in [2.05, 4.69) is 17.0 Å². The Kier molecular flexibility index (Phi) is 8.14. The van der Waals surface area contributed by atoms with E-state index in [9.17, 15) is 13.2 Å². The Balaban J connectivity index is 1.36. The Bertz CT molecular complexity index is 1090. The summed E-state index contributed by atoms with van der Waals surface area (Å²) >= 11 is 6.22. The first-order valence-corrected chi connectivity index (χ1v) is 13.7. The van der Waals surface area contributed by atoms with Crippen molar-refractivity contribution in [3.63, 3.8) is 0 Å². The van der Waals surface area contributed by atoms with Crippen LogP contribution in [-0.4, -0.2) is 74.3 Å². The molecule has 0 radical (unpaired) electrons. The molecule has 2 heterocycles. The smallest absolute Gasteiger partial charge is 0.243 e. The summed E-state index contributed by atoms with van der Waals surface area (Å²) in [5.41, 5.74) is 1.27. The highest BCUT2D eigenvalue weighted by Gasteiger charge is 2.36. The molecule has 0 unspecified atom stereocenters. The first-order valence-electron chi connectivity index (χ1n) is 11.9. The number of ether oxygens (including phenoxy) is 1. The van der Waals surface area contributed by atoms with Gasteiger partial charge in [-0.2, -0.15) is 4.31 Å². The zero-order chi connectivity index (χ0) is 24.1. The first kappa shape index (κ1) is 25.0. The summed E-state index contributed by atoms with van der Waals surface area (Å²) in [4.78, 5) is 17.6. The number of amides is 1. The largest absolute Gasteiger partial charge is 0.492 e. The number of carbonyl (C=O) groups is 1. The number of carbonyl (C=O) groups excluding carboxylic acids is 1. The Morgan fingerprint density at radius 3 is 2.47 bits per heavy atom.